The summed E-state index contributed by atoms with van der Waals surface area (Å²) in [5.41, 5.74) is -0.302. The van der Waals surface area contributed by atoms with E-state index in [2.05, 4.69) is 10.1 Å². The number of halogens is 3. The van der Waals surface area contributed by atoms with Gasteiger partial charge in [0, 0.05) is 6.07 Å². The molecule has 31 heavy (non-hydrogen) atoms. The van der Waals surface area contributed by atoms with Crippen molar-refractivity contribution in [2.75, 3.05) is 6.61 Å². The fourth-order valence-electron chi connectivity index (χ4n) is 2.91. The number of aromatic nitrogens is 3. The molecule has 0 aliphatic carbocycles. The van der Waals surface area contributed by atoms with E-state index >= 15 is 0 Å². The predicted molar refractivity (Wildman–Crippen MR) is 101 cm³/mol. The zero-order chi connectivity index (χ0) is 22.8. The molecule has 1 aromatic carbocycles. The molecule has 164 valence electrons. The molecule has 8 nitrogen and oxygen atoms in total. The molecule has 0 bridgehead atoms. The molecule has 3 aromatic rings. The number of H-pyrrole nitrogens is 1. The molecular formula is C20H18F3N3O5. The van der Waals surface area contributed by atoms with Crippen molar-refractivity contribution in [3.05, 3.63) is 68.8 Å². The van der Waals surface area contributed by atoms with Crippen molar-refractivity contribution in [1.29, 1.82) is 0 Å². The Morgan fingerprint density at radius 2 is 1.84 bits per heavy atom. The standard InChI is InChI=1S/C20H18F3N3O5/c1-3-30-19(29)17-11(2)25-26-15(27)9-14(24-18(17)26)10-31-16(28)8-12-4-6-13(7-5-12)20(21,22)23/h4-7,9,24H,3,8,10H2,1-2H3. The second-order valence-electron chi connectivity index (χ2n) is 6.61. The average Bonchev–Trinajstić information content (AvgIpc) is 3.03. The Hall–Kier alpha value is -3.63. The van der Waals surface area contributed by atoms with E-state index in [4.69, 9.17) is 9.47 Å². The number of alkyl halides is 3. The first-order chi connectivity index (χ1) is 14.6. The van der Waals surface area contributed by atoms with Crippen LogP contribution in [0.1, 0.15) is 39.8 Å². The van der Waals surface area contributed by atoms with Crippen LogP contribution in [0.3, 0.4) is 0 Å². The maximum atomic E-state index is 12.6. The molecule has 3 rings (SSSR count). The molecule has 0 aliphatic heterocycles. The molecule has 0 amide bonds. The van der Waals surface area contributed by atoms with Crippen molar-refractivity contribution in [1.82, 2.24) is 14.6 Å². The van der Waals surface area contributed by atoms with E-state index < -0.39 is 29.2 Å². The first kappa shape index (κ1) is 22.1. The number of ether oxygens (including phenoxy) is 2. The summed E-state index contributed by atoms with van der Waals surface area (Å²) in [5.74, 6) is -1.35. The SMILES string of the molecule is CCOC(=O)c1c(C)nn2c(=O)cc(COC(=O)Cc3ccc(C(F)(F)F)cc3)[nH]c12. The number of rotatable bonds is 6. The molecule has 0 unspecified atom stereocenters. The van der Waals surface area contributed by atoms with Gasteiger partial charge >= 0.3 is 18.1 Å². The highest BCUT2D eigenvalue weighted by atomic mass is 19.4. The summed E-state index contributed by atoms with van der Waals surface area (Å²) < 4.78 is 48.9. The molecule has 11 heteroatoms. The number of carbonyl (C=O) groups excluding carboxylic acids is 2. The molecule has 0 saturated carbocycles. The maximum Gasteiger partial charge on any atom is 0.416 e. The molecule has 0 fully saturated rings. The average molecular weight is 437 g/mol. The Labute approximate surface area is 173 Å². The van der Waals surface area contributed by atoms with Gasteiger partial charge in [-0.3, -0.25) is 9.59 Å². The minimum Gasteiger partial charge on any atom is -0.462 e. The number of carbonyl (C=O) groups is 2. The molecule has 0 spiro atoms. The Morgan fingerprint density at radius 3 is 2.45 bits per heavy atom. The largest absolute Gasteiger partial charge is 0.462 e. The summed E-state index contributed by atoms with van der Waals surface area (Å²) in [6.07, 6.45) is -4.71. The van der Waals surface area contributed by atoms with Gasteiger partial charge in [-0.05, 0) is 31.5 Å². The summed E-state index contributed by atoms with van der Waals surface area (Å²) in [7, 11) is 0. The number of nitrogens with one attached hydrogen (secondary N) is 1. The van der Waals surface area contributed by atoms with Gasteiger partial charge in [0.05, 0.1) is 30.0 Å². The van der Waals surface area contributed by atoms with E-state index in [9.17, 15) is 27.6 Å². The molecule has 0 aliphatic rings. The monoisotopic (exact) mass is 437 g/mol. The fourth-order valence-corrected chi connectivity index (χ4v) is 2.91. The minimum absolute atomic E-state index is 0.0943. The summed E-state index contributed by atoms with van der Waals surface area (Å²) in [4.78, 5) is 39.3. The zero-order valence-electron chi connectivity index (χ0n) is 16.6. The van der Waals surface area contributed by atoms with Crippen molar-refractivity contribution < 1.29 is 32.2 Å². The molecule has 2 heterocycles. The number of esters is 2. The minimum atomic E-state index is -4.46. The topological polar surface area (TPSA) is 103 Å². The van der Waals surface area contributed by atoms with Crippen molar-refractivity contribution >= 4 is 17.6 Å². The summed E-state index contributed by atoms with van der Waals surface area (Å²) in [5, 5.41) is 4.02. The van der Waals surface area contributed by atoms with Crippen molar-refractivity contribution in [3.63, 3.8) is 0 Å². The molecule has 1 N–H and O–H groups in total. The van der Waals surface area contributed by atoms with Gasteiger partial charge in [0.25, 0.3) is 5.56 Å². The number of benzene rings is 1. The van der Waals surface area contributed by atoms with E-state index in [1.165, 1.54) is 18.2 Å². The summed E-state index contributed by atoms with van der Waals surface area (Å²) >= 11 is 0. The zero-order valence-corrected chi connectivity index (χ0v) is 16.6. The van der Waals surface area contributed by atoms with Crippen LogP contribution in [0.15, 0.2) is 35.1 Å². The van der Waals surface area contributed by atoms with E-state index in [0.717, 1.165) is 16.6 Å². The van der Waals surface area contributed by atoms with Gasteiger partial charge in [-0.15, -0.1) is 0 Å². The highest BCUT2D eigenvalue weighted by Crippen LogP contribution is 2.29. The Kier molecular flexibility index (Phi) is 6.14. The lowest BCUT2D eigenvalue weighted by atomic mass is 10.1. The third-order valence-electron chi connectivity index (χ3n) is 4.34. The number of fused-ring (bicyclic) bond motifs is 1. The van der Waals surface area contributed by atoms with Crippen molar-refractivity contribution in [2.45, 2.75) is 33.1 Å². The van der Waals surface area contributed by atoms with Crippen LogP contribution in [-0.4, -0.2) is 33.1 Å². The molecule has 2 aromatic heterocycles. The molecular weight excluding hydrogens is 419 g/mol. The number of nitrogens with zero attached hydrogens (tertiary/aromatic N) is 2. The quantitative estimate of drug-likeness (QED) is 0.595. The Morgan fingerprint density at radius 1 is 1.16 bits per heavy atom. The van der Waals surface area contributed by atoms with Gasteiger partial charge in [-0.1, -0.05) is 12.1 Å². The van der Waals surface area contributed by atoms with E-state index in [1.54, 1.807) is 13.8 Å². The molecule has 0 radical (unpaired) electrons. The lowest BCUT2D eigenvalue weighted by molar-refractivity contribution is -0.144. The van der Waals surface area contributed by atoms with Crippen LogP contribution in [0.4, 0.5) is 13.2 Å². The van der Waals surface area contributed by atoms with E-state index in [0.29, 0.717) is 11.3 Å². The van der Waals surface area contributed by atoms with Crippen LogP contribution in [0.5, 0.6) is 0 Å². The van der Waals surface area contributed by atoms with Gasteiger partial charge in [0.15, 0.2) is 5.65 Å². The Balaban J connectivity index is 1.73. The van der Waals surface area contributed by atoms with E-state index in [-0.39, 0.29) is 36.5 Å². The third-order valence-corrected chi connectivity index (χ3v) is 4.34. The number of aromatic amines is 1. The van der Waals surface area contributed by atoms with Crippen LogP contribution in [0.25, 0.3) is 5.65 Å². The highest BCUT2D eigenvalue weighted by molar-refractivity contribution is 5.97. The van der Waals surface area contributed by atoms with Gasteiger partial charge in [0.1, 0.15) is 12.2 Å². The van der Waals surface area contributed by atoms with E-state index in [1.807, 2.05) is 0 Å². The first-order valence-electron chi connectivity index (χ1n) is 9.20. The van der Waals surface area contributed by atoms with Gasteiger partial charge in [-0.25, -0.2) is 4.79 Å². The van der Waals surface area contributed by atoms with Gasteiger partial charge in [-0.2, -0.15) is 22.8 Å². The molecule has 0 saturated heterocycles. The van der Waals surface area contributed by atoms with Gasteiger partial charge in [0.2, 0.25) is 0 Å². The fraction of sp³-hybridized carbons (Fsp3) is 0.300. The van der Waals surface area contributed by atoms with Crippen molar-refractivity contribution in [3.8, 4) is 0 Å². The van der Waals surface area contributed by atoms with Crippen molar-refractivity contribution in [2.24, 2.45) is 0 Å². The van der Waals surface area contributed by atoms with Crippen LogP contribution in [0, 0.1) is 6.92 Å². The lowest BCUT2D eigenvalue weighted by Gasteiger charge is -2.08. The number of hydrogen-bond donors (Lipinski definition) is 1. The van der Waals surface area contributed by atoms with Crippen LogP contribution in [-0.2, 0) is 33.5 Å². The second-order valence-corrected chi connectivity index (χ2v) is 6.61. The normalized spacial score (nSPS) is 11.5. The summed E-state index contributed by atoms with van der Waals surface area (Å²) in [6.45, 7) is 3.03. The van der Waals surface area contributed by atoms with Crippen LogP contribution >= 0.6 is 0 Å². The molecule has 0 atom stereocenters. The predicted octanol–water partition coefficient (Wildman–Crippen LogP) is 2.81. The number of hydrogen-bond acceptors (Lipinski definition) is 6. The van der Waals surface area contributed by atoms with Crippen LogP contribution < -0.4 is 5.56 Å². The third kappa shape index (κ3) is 4.93. The van der Waals surface area contributed by atoms with Crippen LogP contribution in [0.2, 0.25) is 0 Å². The Bertz CT molecular complexity index is 1180. The first-order valence-corrected chi connectivity index (χ1v) is 9.20. The number of aryl methyl sites for hydroxylation is 1. The highest BCUT2D eigenvalue weighted by Gasteiger charge is 2.30. The smallest absolute Gasteiger partial charge is 0.416 e. The second kappa shape index (κ2) is 8.62. The summed E-state index contributed by atoms with van der Waals surface area (Å²) in [6, 6.07) is 5.32. The maximum absolute atomic E-state index is 12.6. The lowest BCUT2D eigenvalue weighted by Crippen LogP contribution is -2.18. The van der Waals surface area contributed by atoms with Gasteiger partial charge < -0.3 is 14.5 Å².